The van der Waals surface area contributed by atoms with E-state index in [9.17, 15) is 13.6 Å². The zero-order valence-electron chi connectivity index (χ0n) is 11.2. The summed E-state index contributed by atoms with van der Waals surface area (Å²) in [7, 11) is 0. The van der Waals surface area contributed by atoms with Crippen LogP contribution < -0.4 is 10.5 Å². The molecule has 0 spiro atoms. The van der Waals surface area contributed by atoms with Crippen LogP contribution in [-0.2, 0) is 0 Å². The largest absolute Gasteiger partial charge is 0.492 e. The molecule has 20 heavy (non-hydrogen) atoms. The molecule has 0 saturated heterocycles. The molecule has 5 nitrogen and oxygen atoms in total. The minimum atomic E-state index is -2.66. The van der Waals surface area contributed by atoms with Crippen molar-refractivity contribution in [2.75, 3.05) is 32.0 Å². The minimum Gasteiger partial charge on any atom is -0.492 e. The average molecular weight is 288 g/mol. The van der Waals surface area contributed by atoms with E-state index >= 15 is 0 Å². The molecule has 0 fully saturated rings. The third-order valence-corrected chi connectivity index (χ3v) is 2.57. The molecule has 0 aliphatic rings. The molecule has 0 bridgehead atoms. The first-order chi connectivity index (χ1) is 9.49. The number of halogens is 2. The van der Waals surface area contributed by atoms with Crippen LogP contribution in [-0.4, -0.2) is 48.6 Å². The number of hydrogen-bond donors (Lipinski definition) is 2. The number of benzene rings is 1. The molecule has 0 saturated carbocycles. The maximum atomic E-state index is 12.4. The highest BCUT2D eigenvalue weighted by Gasteiger charge is 2.20. The Morgan fingerprint density at radius 3 is 2.70 bits per heavy atom. The summed E-state index contributed by atoms with van der Waals surface area (Å²) in [5.41, 5.74) is 6.17. The minimum absolute atomic E-state index is 0.156. The molecular formula is C13H18F2N2O3. The molecule has 1 rings (SSSR count). The van der Waals surface area contributed by atoms with Gasteiger partial charge in [0.05, 0.1) is 25.4 Å². The molecule has 3 N–H and O–H groups in total. The van der Waals surface area contributed by atoms with Crippen molar-refractivity contribution in [1.82, 2.24) is 4.90 Å². The van der Waals surface area contributed by atoms with Crippen LogP contribution in [0.5, 0.6) is 5.75 Å². The Bertz CT molecular complexity index is 455. The van der Waals surface area contributed by atoms with E-state index in [-0.39, 0.29) is 24.4 Å². The second-order valence-electron chi connectivity index (χ2n) is 4.05. The normalized spacial score (nSPS) is 10.7. The van der Waals surface area contributed by atoms with Crippen LogP contribution in [0.25, 0.3) is 0 Å². The van der Waals surface area contributed by atoms with Gasteiger partial charge in [0.15, 0.2) is 0 Å². The van der Waals surface area contributed by atoms with Crippen LogP contribution in [0, 0.1) is 0 Å². The number of ether oxygens (including phenoxy) is 1. The summed E-state index contributed by atoms with van der Waals surface area (Å²) in [5, 5.41) is 8.83. The number of aliphatic hydroxyl groups is 1. The highest BCUT2D eigenvalue weighted by molar-refractivity contribution is 5.95. The van der Waals surface area contributed by atoms with Crippen molar-refractivity contribution in [3.8, 4) is 5.75 Å². The fourth-order valence-corrected chi connectivity index (χ4v) is 1.71. The third-order valence-electron chi connectivity index (χ3n) is 2.57. The van der Waals surface area contributed by atoms with Crippen molar-refractivity contribution in [2.24, 2.45) is 0 Å². The number of anilines is 1. The number of rotatable bonds is 7. The summed E-state index contributed by atoms with van der Waals surface area (Å²) in [6.07, 6.45) is -2.66. The van der Waals surface area contributed by atoms with E-state index in [0.29, 0.717) is 12.4 Å². The molecule has 7 heteroatoms. The van der Waals surface area contributed by atoms with Crippen molar-refractivity contribution in [3.05, 3.63) is 23.8 Å². The number of alkyl halides is 2. The Labute approximate surface area is 115 Å². The van der Waals surface area contributed by atoms with Crippen LogP contribution >= 0.6 is 0 Å². The number of hydrogen-bond acceptors (Lipinski definition) is 4. The fourth-order valence-electron chi connectivity index (χ4n) is 1.71. The second-order valence-corrected chi connectivity index (χ2v) is 4.05. The van der Waals surface area contributed by atoms with Gasteiger partial charge in [-0.15, -0.1) is 0 Å². The maximum absolute atomic E-state index is 12.4. The van der Waals surface area contributed by atoms with Gasteiger partial charge in [0.25, 0.3) is 12.3 Å². The lowest BCUT2D eigenvalue weighted by Gasteiger charge is -2.21. The van der Waals surface area contributed by atoms with E-state index in [4.69, 9.17) is 15.6 Å². The predicted octanol–water partition coefficient (Wildman–Crippen LogP) is 1.37. The monoisotopic (exact) mass is 288 g/mol. The number of carbonyl (C=O) groups is 1. The molecule has 112 valence electrons. The number of nitrogens with zero attached hydrogens (tertiary/aromatic N) is 1. The van der Waals surface area contributed by atoms with Gasteiger partial charge >= 0.3 is 0 Å². The summed E-state index contributed by atoms with van der Waals surface area (Å²) >= 11 is 0. The molecule has 1 aromatic rings. The van der Waals surface area contributed by atoms with E-state index in [1.807, 2.05) is 0 Å². The first-order valence-corrected chi connectivity index (χ1v) is 6.20. The lowest BCUT2D eigenvalue weighted by Crippen LogP contribution is -2.37. The summed E-state index contributed by atoms with van der Waals surface area (Å²) < 4.78 is 30.0. The summed E-state index contributed by atoms with van der Waals surface area (Å²) in [6, 6.07) is 4.36. The van der Waals surface area contributed by atoms with E-state index in [0.717, 1.165) is 4.90 Å². The topological polar surface area (TPSA) is 75.8 Å². The van der Waals surface area contributed by atoms with E-state index in [1.165, 1.54) is 18.2 Å². The van der Waals surface area contributed by atoms with Crippen molar-refractivity contribution < 1.29 is 23.4 Å². The summed E-state index contributed by atoms with van der Waals surface area (Å²) in [6.45, 7) is 0.956. The van der Waals surface area contributed by atoms with Crippen LogP contribution in [0.15, 0.2) is 18.2 Å². The van der Waals surface area contributed by atoms with Crippen molar-refractivity contribution in [1.29, 1.82) is 0 Å². The number of aliphatic hydroxyl groups excluding tert-OH is 1. The van der Waals surface area contributed by atoms with Gasteiger partial charge in [-0.25, -0.2) is 8.78 Å². The van der Waals surface area contributed by atoms with Crippen molar-refractivity contribution >= 4 is 11.6 Å². The molecule has 0 aromatic heterocycles. The Kier molecular flexibility index (Phi) is 6.17. The van der Waals surface area contributed by atoms with Gasteiger partial charge in [-0.3, -0.25) is 4.79 Å². The molecule has 0 aliphatic carbocycles. The predicted molar refractivity (Wildman–Crippen MR) is 71.0 cm³/mol. The zero-order chi connectivity index (χ0) is 15.1. The average Bonchev–Trinajstić information content (AvgIpc) is 2.39. The first-order valence-electron chi connectivity index (χ1n) is 6.20. The van der Waals surface area contributed by atoms with E-state index in [1.54, 1.807) is 6.92 Å². The number of amides is 1. The van der Waals surface area contributed by atoms with Crippen LogP contribution in [0.3, 0.4) is 0 Å². The van der Waals surface area contributed by atoms with Gasteiger partial charge in [-0.1, -0.05) is 0 Å². The number of nitrogen functional groups attached to an aromatic ring is 1. The first kappa shape index (κ1) is 16.2. The molecule has 0 aliphatic heterocycles. The fraction of sp³-hybridized carbons (Fsp3) is 0.462. The van der Waals surface area contributed by atoms with E-state index < -0.39 is 18.9 Å². The van der Waals surface area contributed by atoms with Gasteiger partial charge in [0.2, 0.25) is 0 Å². The highest BCUT2D eigenvalue weighted by atomic mass is 19.3. The van der Waals surface area contributed by atoms with E-state index in [2.05, 4.69) is 0 Å². The summed E-state index contributed by atoms with van der Waals surface area (Å²) in [5.74, 6) is -0.166. The van der Waals surface area contributed by atoms with Gasteiger partial charge in [-0.2, -0.15) is 0 Å². The zero-order valence-corrected chi connectivity index (χ0v) is 11.2. The number of carbonyl (C=O) groups excluding carboxylic acids is 1. The molecule has 0 atom stereocenters. The Morgan fingerprint density at radius 1 is 1.50 bits per heavy atom. The smallest absolute Gasteiger partial charge is 0.255 e. The molecule has 0 unspecified atom stereocenters. The SMILES string of the molecule is CCOc1ccc(C(=O)N(CCO)CC(F)F)cc1N. The lowest BCUT2D eigenvalue weighted by molar-refractivity contribution is 0.0509. The molecule has 0 heterocycles. The Morgan fingerprint density at radius 2 is 2.20 bits per heavy atom. The van der Waals surface area contributed by atoms with Crippen molar-refractivity contribution in [2.45, 2.75) is 13.3 Å². The van der Waals surface area contributed by atoms with Crippen LogP contribution in [0.1, 0.15) is 17.3 Å². The van der Waals surface area contributed by atoms with Gasteiger partial charge in [0.1, 0.15) is 5.75 Å². The molecule has 1 aromatic carbocycles. The van der Waals surface area contributed by atoms with Crippen LogP contribution in [0.4, 0.5) is 14.5 Å². The second kappa shape index (κ2) is 7.64. The number of nitrogens with two attached hydrogens (primary N) is 1. The molecule has 1 amide bonds. The summed E-state index contributed by atoms with van der Waals surface area (Å²) in [4.78, 5) is 13.0. The lowest BCUT2D eigenvalue weighted by atomic mass is 10.1. The van der Waals surface area contributed by atoms with Crippen molar-refractivity contribution in [3.63, 3.8) is 0 Å². The standard InChI is InChI=1S/C13H18F2N2O3/c1-2-20-11-4-3-9(7-10(11)16)13(19)17(5-6-18)8-12(14)15/h3-4,7,12,18H,2,5-6,8,16H2,1H3. The van der Waals surface area contributed by atoms with Crippen LogP contribution in [0.2, 0.25) is 0 Å². The van der Waals surface area contributed by atoms with Gasteiger partial charge in [0, 0.05) is 12.1 Å². The molecule has 0 radical (unpaired) electrons. The van der Waals surface area contributed by atoms with Gasteiger partial charge < -0.3 is 20.5 Å². The Hall–Kier alpha value is -1.89. The molecular weight excluding hydrogens is 270 g/mol. The quantitative estimate of drug-likeness (QED) is 0.743. The highest BCUT2D eigenvalue weighted by Crippen LogP contribution is 2.23. The third kappa shape index (κ3) is 4.34. The Balaban J connectivity index is 2.91. The maximum Gasteiger partial charge on any atom is 0.255 e. The van der Waals surface area contributed by atoms with Gasteiger partial charge in [-0.05, 0) is 25.1 Å².